The van der Waals surface area contributed by atoms with Gasteiger partial charge in [-0.05, 0) is 80.1 Å². The SMILES string of the molecule is CCOc1ccc(C(=O)Nc2ccc(Nc3cc(Nc4cc(C)ccn4)ncn3)cc2)cc1. The molecule has 8 heteroatoms. The van der Waals surface area contributed by atoms with Crippen molar-refractivity contribution in [3.05, 3.63) is 90.4 Å². The Hall–Kier alpha value is -4.46. The lowest BCUT2D eigenvalue weighted by Gasteiger charge is -2.10. The van der Waals surface area contributed by atoms with Gasteiger partial charge in [-0.15, -0.1) is 0 Å². The number of benzene rings is 2. The largest absolute Gasteiger partial charge is 0.494 e. The van der Waals surface area contributed by atoms with Gasteiger partial charge in [-0.3, -0.25) is 4.79 Å². The summed E-state index contributed by atoms with van der Waals surface area (Å²) in [6.45, 7) is 4.51. The third-order valence-corrected chi connectivity index (χ3v) is 4.68. The molecule has 2 heterocycles. The van der Waals surface area contributed by atoms with Crippen molar-refractivity contribution in [3.8, 4) is 5.75 Å². The van der Waals surface area contributed by atoms with Crippen LogP contribution in [0.25, 0.3) is 0 Å². The van der Waals surface area contributed by atoms with Crippen molar-refractivity contribution in [2.45, 2.75) is 13.8 Å². The minimum Gasteiger partial charge on any atom is -0.494 e. The molecule has 2 aromatic heterocycles. The molecule has 0 radical (unpaired) electrons. The van der Waals surface area contributed by atoms with Crippen molar-refractivity contribution >= 4 is 34.7 Å². The van der Waals surface area contributed by atoms with E-state index in [0.717, 1.165) is 17.0 Å². The van der Waals surface area contributed by atoms with Gasteiger partial charge in [0, 0.05) is 29.2 Å². The number of carbonyl (C=O) groups is 1. The normalized spacial score (nSPS) is 10.4. The number of hydrogen-bond acceptors (Lipinski definition) is 7. The molecule has 0 atom stereocenters. The summed E-state index contributed by atoms with van der Waals surface area (Å²) < 4.78 is 5.41. The van der Waals surface area contributed by atoms with Crippen LogP contribution in [-0.4, -0.2) is 27.5 Å². The van der Waals surface area contributed by atoms with E-state index in [2.05, 4.69) is 30.9 Å². The summed E-state index contributed by atoms with van der Waals surface area (Å²) in [6, 6.07) is 20.1. The Balaban J connectivity index is 1.37. The number of anilines is 5. The molecule has 0 spiro atoms. The first-order chi connectivity index (χ1) is 16.1. The fourth-order valence-corrected chi connectivity index (χ4v) is 3.09. The first-order valence-corrected chi connectivity index (χ1v) is 10.5. The second kappa shape index (κ2) is 10.2. The number of hydrogen-bond donors (Lipinski definition) is 3. The van der Waals surface area contributed by atoms with Crippen LogP contribution < -0.4 is 20.7 Å². The van der Waals surface area contributed by atoms with Crippen LogP contribution in [0.2, 0.25) is 0 Å². The maximum Gasteiger partial charge on any atom is 0.255 e. The minimum absolute atomic E-state index is 0.185. The lowest BCUT2D eigenvalue weighted by molar-refractivity contribution is 0.102. The summed E-state index contributed by atoms with van der Waals surface area (Å²) in [7, 11) is 0. The van der Waals surface area contributed by atoms with Crippen molar-refractivity contribution in [2.75, 3.05) is 22.6 Å². The number of amides is 1. The third-order valence-electron chi connectivity index (χ3n) is 4.68. The molecule has 4 aromatic rings. The van der Waals surface area contributed by atoms with Crippen molar-refractivity contribution in [1.82, 2.24) is 15.0 Å². The maximum atomic E-state index is 12.5. The molecular weight excluding hydrogens is 416 g/mol. The molecule has 8 nitrogen and oxygen atoms in total. The molecule has 0 bridgehead atoms. The molecule has 0 saturated carbocycles. The average molecular weight is 441 g/mol. The number of carbonyl (C=O) groups excluding carboxylic acids is 1. The van der Waals surface area contributed by atoms with Gasteiger partial charge < -0.3 is 20.7 Å². The van der Waals surface area contributed by atoms with E-state index in [0.29, 0.717) is 35.3 Å². The van der Waals surface area contributed by atoms with Crippen LogP contribution in [0.3, 0.4) is 0 Å². The zero-order valence-electron chi connectivity index (χ0n) is 18.4. The summed E-state index contributed by atoms with van der Waals surface area (Å²) in [5.41, 5.74) is 3.18. The van der Waals surface area contributed by atoms with Gasteiger partial charge in [-0.1, -0.05) is 0 Å². The number of nitrogens with one attached hydrogen (secondary N) is 3. The van der Waals surface area contributed by atoms with Crippen LogP contribution in [0.1, 0.15) is 22.8 Å². The van der Waals surface area contributed by atoms with E-state index in [1.807, 2.05) is 50.2 Å². The molecule has 0 unspecified atom stereocenters. The molecule has 0 aliphatic heterocycles. The number of pyridine rings is 1. The molecular formula is C25H24N6O2. The lowest BCUT2D eigenvalue weighted by atomic mass is 10.2. The van der Waals surface area contributed by atoms with Gasteiger partial charge >= 0.3 is 0 Å². The molecule has 33 heavy (non-hydrogen) atoms. The maximum absolute atomic E-state index is 12.5. The fourth-order valence-electron chi connectivity index (χ4n) is 3.09. The van der Waals surface area contributed by atoms with E-state index in [9.17, 15) is 4.79 Å². The molecule has 0 fully saturated rings. The van der Waals surface area contributed by atoms with Crippen LogP contribution in [0.4, 0.5) is 28.8 Å². The van der Waals surface area contributed by atoms with Gasteiger partial charge in [0.2, 0.25) is 0 Å². The van der Waals surface area contributed by atoms with Crippen molar-refractivity contribution in [3.63, 3.8) is 0 Å². The zero-order valence-corrected chi connectivity index (χ0v) is 18.4. The van der Waals surface area contributed by atoms with Crippen molar-refractivity contribution < 1.29 is 9.53 Å². The molecule has 3 N–H and O–H groups in total. The summed E-state index contributed by atoms with van der Waals surface area (Å²) >= 11 is 0. The smallest absolute Gasteiger partial charge is 0.255 e. The van der Waals surface area contributed by atoms with E-state index < -0.39 is 0 Å². The number of aryl methyl sites for hydroxylation is 1. The summed E-state index contributed by atoms with van der Waals surface area (Å²) in [4.78, 5) is 25.3. The summed E-state index contributed by atoms with van der Waals surface area (Å²) in [6.07, 6.45) is 3.22. The number of rotatable bonds is 8. The zero-order chi connectivity index (χ0) is 23.0. The van der Waals surface area contributed by atoms with E-state index in [-0.39, 0.29) is 5.91 Å². The Morgan fingerprint density at radius 2 is 1.48 bits per heavy atom. The second-order valence-corrected chi connectivity index (χ2v) is 7.25. The lowest BCUT2D eigenvalue weighted by Crippen LogP contribution is -2.11. The third kappa shape index (κ3) is 6.04. The van der Waals surface area contributed by atoms with E-state index in [1.54, 1.807) is 36.5 Å². The Morgan fingerprint density at radius 3 is 2.18 bits per heavy atom. The van der Waals surface area contributed by atoms with Gasteiger partial charge in [0.1, 0.15) is 29.5 Å². The number of nitrogens with zero attached hydrogens (tertiary/aromatic N) is 3. The second-order valence-electron chi connectivity index (χ2n) is 7.25. The highest BCUT2D eigenvalue weighted by Crippen LogP contribution is 2.21. The molecule has 0 aliphatic rings. The van der Waals surface area contributed by atoms with Crippen LogP contribution in [0.15, 0.2) is 79.3 Å². The predicted molar refractivity (Wildman–Crippen MR) is 130 cm³/mol. The fraction of sp³-hybridized carbons (Fsp3) is 0.120. The van der Waals surface area contributed by atoms with E-state index >= 15 is 0 Å². The standard InChI is InChI=1S/C25H24N6O2/c1-3-33-21-10-4-18(5-11-21)25(32)30-20-8-6-19(7-9-20)29-23-15-24(28-16-27-23)31-22-14-17(2)12-13-26-22/h4-16H,3H2,1-2H3,(H,30,32)(H2,26,27,28,29,31). The van der Waals surface area contributed by atoms with Crippen molar-refractivity contribution in [2.24, 2.45) is 0 Å². The van der Waals surface area contributed by atoms with Crippen LogP contribution in [0, 0.1) is 6.92 Å². The van der Waals surface area contributed by atoms with Gasteiger partial charge in [0.25, 0.3) is 5.91 Å². The summed E-state index contributed by atoms with van der Waals surface area (Å²) in [5.74, 6) is 2.53. The Kier molecular flexibility index (Phi) is 6.75. The number of ether oxygens (including phenoxy) is 1. The molecule has 0 saturated heterocycles. The average Bonchev–Trinajstić information content (AvgIpc) is 2.81. The first kappa shape index (κ1) is 21.8. The van der Waals surface area contributed by atoms with Crippen LogP contribution in [0.5, 0.6) is 5.75 Å². The monoisotopic (exact) mass is 440 g/mol. The van der Waals surface area contributed by atoms with Gasteiger partial charge in [0.15, 0.2) is 0 Å². The molecule has 4 rings (SSSR count). The van der Waals surface area contributed by atoms with Crippen LogP contribution in [-0.2, 0) is 0 Å². The highest BCUT2D eigenvalue weighted by Gasteiger charge is 2.07. The quantitative estimate of drug-likeness (QED) is 0.341. The minimum atomic E-state index is -0.185. The molecule has 1 amide bonds. The molecule has 2 aromatic carbocycles. The van der Waals surface area contributed by atoms with Crippen molar-refractivity contribution in [1.29, 1.82) is 0 Å². The molecule has 166 valence electrons. The Bertz CT molecular complexity index is 1230. The van der Waals surface area contributed by atoms with Gasteiger partial charge in [0.05, 0.1) is 6.61 Å². The highest BCUT2D eigenvalue weighted by molar-refractivity contribution is 6.04. The topological polar surface area (TPSA) is 101 Å². The van der Waals surface area contributed by atoms with Gasteiger partial charge in [-0.25, -0.2) is 15.0 Å². The number of aromatic nitrogens is 3. The predicted octanol–water partition coefficient (Wildman–Crippen LogP) is 5.32. The van der Waals surface area contributed by atoms with E-state index in [1.165, 1.54) is 6.33 Å². The van der Waals surface area contributed by atoms with Crippen LogP contribution >= 0.6 is 0 Å². The first-order valence-electron chi connectivity index (χ1n) is 10.5. The van der Waals surface area contributed by atoms with E-state index in [4.69, 9.17) is 4.74 Å². The summed E-state index contributed by atoms with van der Waals surface area (Å²) in [5, 5.41) is 9.30. The Labute approximate surface area is 192 Å². The Morgan fingerprint density at radius 1 is 0.818 bits per heavy atom. The molecule has 0 aliphatic carbocycles. The van der Waals surface area contributed by atoms with Gasteiger partial charge in [-0.2, -0.15) is 0 Å². The highest BCUT2D eigenvalue weighted by atomic mass is 16.5.